The molecule has 110 valence electrons. The highest BCUT2D eigenvalue weighted by atomic mass is 32.2. The summed E-state index contributed by atoms with van der Waals surface area (Å²) in [4.78, 5) is 4.57. The van der Waals surface area contributed by atoms with Gasteiger partial charge in [-0.05, 0) is 19.3 Å². The van der Waals surface area contributed by atoms with Crippen LogP contribution in [0.3, 0.4) is 0 Å². The summed E-state index contributed by atoms with van der Waals surface area (Å²) in [5, 5.41) is 5.08. The average Bonchev–Trinajstić information content (AvgIpc) is 2.73. The molecule has 9 heteroatoms. The van der Waals surface area contributed by atoms with E-state index in [2.05, 4.69) is 9.72 Å². The van der Waals surface area contributed by atoms with Crippen molar-refractivity contribution >= 4 is 22.3 Å². The van der Waals surface area contributed by atoms with E-state index in [-0.39, 0.29) is 16.4 Å². The smallest absolute Gasteiger partial charge is 0.422 e. The van der Waals surface area contributed by atoms with Gasteiger partial charge in [-0.25, -0.2) is 9.19 Å². The van der Waals surface area contributed by atoms with Crippen LogP contribution in [0.25, 0.3) is 0 Å². The van der Waals surface area contributed by atoms with Gasteiger partial charge in [0.2, 0.25) is 0 Å². The number of nitrogens with two attached hydrogens (primary N) is 1. The molecule has 1 aromatic heterocycles. The number of alkyl halides is 3. The summed E-state index contributed by atoms with van der Waals surface area (Å²) in [7, 11) is -1.41. The Morgan fingerprint density at radius 2 is 2.16 bits per heavy atom. The molecule has 0 spiro atoms. The van der Waals surface area contributed by atoms with Crippen molar-refractivity contribution in [2.75, 3.05) is 6.61 Å². The van der Waals surface area contributed by atoms with Gasteiger partial charge in [0.05, 0.1) is 11.0 Å². The van der Waals surface area contributed by atoms with Crippen molar-refractivity contribution in [3.63, 3.8) is 0 Å². The van der Waals surface area contributed by atoms with Gasteiger partial charge in [0, 0.05) is 16.3 Å². The first-order chi connectivity index (χ1) is 8.69. The van der Waals surface area contributed by atoms with E-state index in [1.165, 1.54) is 6.20 Å². The Kier molecular flexibility index (Phi) is 5.75. The standard InChI is InChI=1S/C10H15F3N2O2S2/c1-6(3-7(2)19(14)16)8-4-15-9(18-8)17-5-10(11,12)13/h4,6-7H,3,5,14H2,1-2H3/t6-,7?,19?/m0/s1. The molecule has 2 unspecified atom stereocenters. The summed E-state index contributed by atoms with van der Waals surface area (Å²) in [6.45, 7) is 2.29. The Labute approximate surface area is 115 Å². The summed E-state index contributed by atoms with van der Waals surface area (Å²) in [5.41, 5.74) is 0. The monoisotopic (exact) mass is 316 g/mol. The topological polar surface area (TPSA) is 65.2 Å². The van der Waals surface area contributed by atoms with Gasteiger partial charge in [0.25, 0.3) is 5.19 Å². The van der Waals surface area contributed by atoms with Gasteiger partial charge in [-0.1, -0.05) is 18.3 Å². The van der Waals surface area contributed by atoms with Gasteiger partial charge in [-0.2, -0.15) is 13.2 Å². The van der Waals surface area contributed by atoms with Crippen LogP contribution in [-0.4, -0.2) is 27.2 Å². The van der Waals surface area contributed by atoms with Gasteiger partial charge in [0.1, 0.15) is 0 Å². The average molecular weight is 316 g/mol. The van der Waals surface area contributed by atoms with Gasteiger partial charge in [-0.15, -0.1) is 0 Å². The minimum atomic E-state index is -4.37. The highest BCUT2D eigenvalue weighted by molar-refractivity contribution is 7.83. The maximum Gasteiger partial charge on any atom is 0.422 e. The molecule has 0 bridgehead atoms. The van der Waals surface area contributed by atoms with Crippen LogP contribution in [0.1, 0.15) is 31.1 Å². The molecule has 0 aromatic carbocycles. The molecule has 19 heavy (non-hydrogen) atoms. The zero-order valence-corrected chi connectivity index (χ0v) is 12.1. The van der Waals surface area contributed by atoms with Crippen LogP contribution < -0.4 is 9.88 Å². The van der Waals surface area contributed by atoms with Crippen molar-refractivity contribution in [3.05, 3.63) is 11.1 Å². The largest absolute Gasteiger partial charge is 0.460 e. The van der Waals surface area contributed by atoms with Crippen molar-refractivity contribution in [2.45, 2.75) is 37.6 Å². The number of halogens is 3. The highest BCUT2D eigenvalue weighted by Gasteiger charge is 2.29. The second kappa shape index (κ2) is 6.67. The first kappa shape index (κ1) is 16.4. The van der Waals surface area contributed by atoms with Crippen molar-refractivity contribution in [3.8, 4) is 5.19 Å². The van der Waals surface area contributed by atoms with Crippen LogP contribution in [0, 0.1) is 0 Å². The Bertz CT molecular complexity index is 437. The van der Waals surface area contributed by atoms with Crippen LogP contribution in [0.2, 0.25) is 0 Å². The van der Waals surface area contributed by atoms with E-state index in [0.717, 1.165) is 16.2 Å². The molecule has 1 aromatic rings. The number of thiazole rings is 1. The lowest BCUT2D eigenvalue weighted by molar-refractivity contribution is -0.153. The van der Waals surface area contributed by atoms with Crippen LogP contribution in [0.4, 0.5) is 13.2 Å². The molecule has 0 amide bonds. The van der Waals surface area contributed by atoms with Crippen molar-refractivity contribution < 1.29 is 22.1 Å². The van der Waals surface area contributed by atoms with Crippen molar-refractivity contribution in [1.82, 2.24) is 4.98 Å². The van der Waals surface area contributed by atoms with Crippen LogP contribution in [0.15, 0.2) is 6.20 Å². The zero-order valence-electron chi connectivity index (χ0n) is 10.4. The summed E-state index contributed by atoms with van der Waals surface area (Å²) in [5.74, 6) is 0.0169. The lowest BCUT2D eigenvalue weighted by Crippen LogP contribution is -2.20. The second-order valence-corrected chi connectivity index (χ2v) is 6.69. The highest BCUT2D eigenvalue weighted by Crippen LogP contribution is 2.31. The Balaban J connectivity index is 2.56. The lowest BCUT2D eigenvalue weighted by Gasteiger charge is -2.12. The number of hydrogen-bond donors (Lipinski definition) is 1. The summed E-state index contributed by atoms with van der Waals surface area (Å²) >= 11 is 1.06. The predicted octanol–water partition coefficient (Wildman–Crippen LogP) is 2.59. The van der Waals surface area contributed by atoms with Crippen LogP contribution >= 0.6 is 11.3 Å². The number of aromatic nitrogens is 1. The van der Waals surface area contributed by atoms with Crippen molar-refractivity contribution in [1.29, 1.82) is 0 Å². The first-order valence-electron chi connectivity index (χ1n) is 5.49. The molecule has 0 aliphatic heterocycles. The van der Waals surface area contributed by atoms with E-state index in [1.54, 1.807) is 6.92 Å². The maximum absolute atomic E-state index is 12.0. The van der Waals surface area contributed by atoms with E-state index in [1.807, 2.05) is 6.92 Å². The normalized spacial score (nSPS) is 16.9. The molecule has 0 saturated heterocycles. The molecule has 0 aliphatic carbocycles. The molecule has 2 N–H and O–H groups in total. The van der Waals surface area contributed by atoms with Gasteiger partial charge in [0.15, 0.2) is 6.61 Å². The number of hydrogen-bond acceptors (Lipinski definition) is 4. The Morgan fingerprint density at radius 1 is 1.53 bits per heavy atom. The molecule has 0 saturated carbocycles. The second-order valence-electron chi connectivity index (χ2n) is 4.21. The molecule has 1 heterocycles. The van der Waals surface area contributed by atoms with Gasteiger partial charge >= 0.3 is 6.18 Å². The quantitative estimate of drug-likeness (QED) is 0.877. The van der Waals surface area contributed by atoms with E-state index in [9.17, 15) is 17.4 Å². The van der Waals surface area contributed by atoms with Crippen LogP contribution in [-0.2, 0) is 11.0 Å². The fourth-order valence-electron chi connectivity index (χ4n) is 1.42. The SMILES string of the molecule is CC(C[C@H](C)c1cnc(OCC(F)(F)F)s1)S(N)=O. The third-order valence-electron chi connectivity index (χ3n) is 2.43. The molecule has 4 nitrogen and oxygen atoms in total. The van der Waals surface area contributed by atoms with Crippen LogP contribution in [0.5, 0.6) is 5.19 Å². The molecular weight excluding hydrogens is 301 g/mol. The minimum absolute atomic E-state index is 0.0132. The fraction of sp³-hybridized carbons (Fsp3) is 0.700. The first-order valence-corrected chi connectivity index (χ1v) is 7.58. The molecule has 3 atom stereocenters. The third kappa shape index (κ3) is 5.87. The van der Waals surface area contributed by atoms with E-state index in [4.69, 9.17) is 5.14 Å². The number of ether oxygens (including phenoxy) is 1. The lowest BCUT2D eigenvalue weighted by atomic mass is 10.1. The van der Waals surface area contributed by atoms with Gasteiger partial charge < -0.3 is 4.74 Å². The summed E-state index contributed by atoms with van der Waals surface area (Å²) < 4.78 is 51.5. The molecule has 0 radical (unpaired) electrons. The van der Waals surface area contributed by atoms with E-state index < -0.39 is 23.8 Å². The maximum atomic E-state index is 12.0. The number of nitrogens with zero attached hydrogens (tertiary/aromatic N) is 1. The van der Waals surface area contributed by atoms with E-state index >= 15 is 0 Å². The third-order valence-corrected chi connectivity index (χ3v) is 4.56. The molecular formula is C10H15F3N2O2S2. The van der Waals surface area contributed by atoms with Gasteiger partial charge in [-0.3, -0.25) is 5.14 Å². The zero-order chi connectivity index (χ0) is 14.6. The summed E-state index contributed by atoms with van der Waals surface area (Å²) in [6, 6.07) is 0. The van der Waals surface area contributed by atoms with Crippen molar-refractivity contribution in [2.24, 2.45) is 5.14 Å². The summed E-state index contributed by atoms with van der Waals surface area (Å²) in [6.07, 6.45) is -2.32. The molecule has 1 rings (SSSR count). The van der Waals surface area contributed by atoms with E-state index in [0.29, 0.717) is 6.42 Å². The Morgan fingerprint density at radius 3 is 2.68 bits per heavy atom. The molecule has 0 aliphatic rings. The Hall–Kier alpha value is -0.670. The molecule has 0 fully saturated rings. The fourth-order valence-corrected chi connectivity index (χ4v) is 2.72. The number of rotatable bonds is 6. The minimum Gasteiger partial charge on any atom is -0.460 e. The predicted molar refractivity (Wildman–Crippen MR) is 68.5 cm³/mol.